The molecule has 0 fully saturated rings. The Morgan fingerprint density at radius 3 is 3.12 bits per heavy atom. The van der Waals surface area contributed by atoms with Crippen molar-refractivity contribution in [2.24, 2.45) is 0 Å². The monoisotopic (exact) mass is 268 g/mol. The van der Waals surface area contributed by atoms with E-state index in [4.69, 9.17) is 11.6 Å². The lowest BCUT2D eigenvalue weighted by Crippen LogP contribution is -2.09. The van der Waals surface area contributed by atoms with Crippen LogP contribution in [0.4, 0.5) is 5.00 Å². The fraction of sp³-hybridized carbons (Fsp3) is 0.333. The van der Waals surface area contributed by atoms with Gasteiger partial charge < -0.3 is 5.32 Å². The Hall–Kier alpha value is -1.13. The maximum Gasteiger partial charge on any atom is 0.225 e. The van der Waals surface area contributed by atoms with Gasteiger partial charge in [0.15, 0.2) is 0 Å². The molecule has 0 saturated heterocycles. The lowest BCUT2D eigenvalue weighted by atomic mass is 10.2. The molecule has 0 aliphatic heterocycles. The number of halogens is 1. The van der Waals surface area contributed by atoms with E-state index in [9.17, 15) is 4.79 Å². The molecule has 1 N–H and O–H groups in total. The number of carbonyl (C=O) groups excluding carboxylic acids is 1. The van der Waals surface area contributed by atoms with Crippen molar-refractivity contribution in [3.63, 3.8) is 0 Å². The van der Waals surface area contributed by atoms with Crippen LogP contribution in [-0.2, 0) is 4.79 Å². The van der Waals surface area contributed by atoms with Crippen molar-refractivity contribution in [1.29, 1.82) is 0 Å². The summed E-state index contributed by atoms with van der Waals surface area (Å²) in [7, 11) is 0. The first-order valence-corrected chi connectivity index (χ1v) is 6.70. The number of fused-ring (bicyclic) bond motifs is 1. The molecule has 0 saturated carbocycles. The number of rotatable bonds is 4. The molecule has 1 heterocycles. The number of anilines is 1. The van der Waals surface area contributed by atoms with Gasteiger partial charge in [-0.3, -0.25) is 4.79 Å². The average molecular weight is 269 g/mol. The van der Waals surface area contributed by atoms with Gasteiger partial charge in [0.25, 0.3) is 0 Å². The zero-order valence-corrected chi connectivity index (χ0v) is 11.1. The van der Waals surface area contributed by atoms with Gasteiger partial charge in [0.2, 0.25) is 5.91 Å². The van der Waals surface area contributed by atoms with Crippen molar-refractivity contribution in [1.82, 2.24) is 4.37 Å². The standard InChI is InChI=1S/C12H13ClN2OS/c1-2-3-4-11(16)14-12-9-7-8(13)5-6-10(9)15-17-12/h5-7H,2-4H2,1H3,(H,14,16). The van der Waals surface area contributed by atoms with Crippen molar-refractivity contribution < 1.29 is 4.79 Å². The van der Waals surface area contributed by atoms with Gasteiger partial charge >= 0.3 is 0 Å². The van der Waals surface area contributed by atoms with Crippen LogP contribution in [0, 0.1) is 0 Å². The summed E-state index contributed by atoms with van der Waals surface area (Å²) in [6.45, 7) is 2.06. The molecule has 1 aromatic carbocycles. The van der Waals surface area contributed by atoms with Crippen molar-refractivity contribution in [3.05, 3.63) is 23.2 Å². The zero-order chi connectivity index (χ0) is 12.3. The molecule has 5 heteroatoms. The molecular formula is C12H13ClN2OS. The summed E-state index contributed by atoms with van der Waals surface area (Å²) < 4.78 is 4.26. The molecule has 3 nitrogen and oxygen atoms in total. The lowest BCUT2D eigenvalue weighted by Gasteiger charge is -2.01. The first kappa shape index (κ1) is 12.3. The third-order valence-corrected chi connectivity index (χ3v) is 3.48. The van der Waals surface area contributed by atoms with Gasteiger partial charge in [-0.1, -0.05) is 24.9 Å². The maximum absolute atomic E-state index is 11.6. The van der Waals surface area contributed by atoms with Crippen LogP contribution in [0.3, 0.4) is 0 Å². The molecule has 0 aliphatic rings. The number of amides is 1. The number of hydrogen-bond donors (Lipinski definition) is 1. The molecule has 0 radical (unpaired) electrons. The molecule has 0 bridgehead atoms. The van der Waals surface area contributed by atoms with Crippen LogP contribution in [0.15, 0.2) is 18.2 Å². The summed E-state index contributed by atoms with van der Waals surface area (Å²) >= 11 is 7.22. The lowest BCUT2D eigenvalue weighted by molar-refractivity contribution is -0.116. The number of unbranched alkanes of at least 4 members (excludes halogenated alkanes) is 1. The number of nitrogens with zero attached hydrogens (tertiary/aromatic N) is 1. The normalized spacial score (nSPS) is 10.7. The summed E-state index contributed by atoms with van der Waals surface area (Å²) in [6, 6.07) is 5.48. The van der Waals surface area contributed by atoms with Crippen LogP contribution in [0.2, 0.25) is 5.02 Å². The van der Waals surface area contributed by atoms with Gasteiger partial charge in [0.1, 0.15) is 5.00 Å². The number of hydrogen-bond acceptors (Lipinski definition) is 3. The van der Waals surface area contributed by atoms with E-state index in [1.54, 1.807) is 6.07 Å². The third-order valence-electron chi connectivity index (χ3n) is 2.45. The van der Waals surface area contributed by atoms with E-state index in [1.807, 2.05) is 12.1 Å². The van der Waals surface area contributed by atoms with Gasteiger partial charge in [-0.25, -0.2) is 0 Å². The largest absolute Gasteiger partial charge is 0.316 e. The van der Waals surface area contributed by atoms with Crippen molar-refractivity contribution in [3.8, 4) is 0 Å². The van der Waals surface area contributed by atoms with E-state index in [0.717, 1.165) is 28.7 Å². The smallest absolute Gasteiger partial charge is 0.225 e. The SMILES string of the molecule is CCCCC(=O)Nc1snc2ccc(Cl)cc12. The molecular weight excluding hydrogens is 256 g/mol. The number of nitrogens with one attached hydrogen (secondary N) is 1. The molecule has 0 aliphatic carbocycles. The molecule has 90 valence electrons. The number of carbonyl (C=O) groups is 1. The highest BCUT2D eigenvalue weighted by Crippen LogP contribution is 2.30. The average Bonchev–Trinajstić information content (AvgIpc) is 2.69. The van der Waals surface area contributed by atoms with Crippen LogP contribution in [0.25, 0.3) is 10.9 Å². The third kappa shape index (κ3) is 2.96. The molecule has 2 aromatic rings. The molecule has 1 aromatic heterocycles. The molecule has 17 heavy (non-hydrogen) atoms. The Bertz CT molecular complexity index is 538. The van der Waals surface area contributed by atoms with Crippen LogP contribution in [0.5, 0.6) is 0 Å². The van der Waals surface area contributed by atoms with Gasteiger partial charge in [-0.15, -0.1) is 0 Å². The fourth-order valence-corrected chi connectivity index (χ4v) is 2.47. The van der Waals surface area contributed by atoms with Gasteiger partial charge in [-0.2, -0.15) is 4.37 Å². The molecule has 0 spiro atoms. The first-order valence-electron chi connectivity index (χ1n) is 5.55. The topological polar surface area (TPSA) is 42.0 Å². The summed E-state index contributed by atoms with van der Waals surface area (Å²) in [5.41, 5.74) is 0.866. The van der Waals surface area contributed by atoms with E-state index >= 15 is 0 Å². The minimum absolute atomic E-state index is 0.0392. The van der Waals surface area contributed by atoms with Gasteiger partial charge in [0, 0.05) is 16.8 Å². The second kappa shape index (κ2) is 5.47. The number of benzene rings is 1. The zero-order valence-electron chi connectivity index (χ0n) is 9.50. The maximum atomic E-state index is 11.6. The minimum atomic E-state index is 0.0392. The van der Waals surface area contributed by atoms with E-state index in [0.29, 0.717) is 11.4 Å². The first-order chi connectivity index (χ1) is 8.20. The second-order valence-electron chi connectivity index (χ2n) is 3.82. The van der Waals surface area contributed by atoms with Gasteiger partial charge in [0.05, 0.1) is 5.52 Å². The quantitative estimate of drug-likeness (QED) is 0.908. The summed E-state index contributed by atoms with van der Waals surface area (Å²) in [5.74, 6) is 0.0392. The van der Waals surface area contributed by atoms with Crippen LogP contribution in [-0.4, -0.2) is 10.3 Å². The predicted molar refractivity (Wildman–Crippen MR) is 72.8 cm³/mol. The molecule has 0 unspecified atom stereocenters. The van der Waals surface area contributed by atoms with Gasteiger partial charge in [-0.05, 0) is 36.2 Å². The highest BCUT2D eigenvalue weighted by atomic mass is 35.5. The summed E-state index contributed by atoms with van der Waals surface area (Å²) in [5, 5.41) is 5.23. The highest BCUT2D eigenvalue weighted by molar-refractivity contribution is 7.12. The van der Waals surface area contributed by atoms with E-state index in [-0.39, 0.29) is 5.91 Å². The molecule has 2 rings (SSSR count). The minimum Gasteiger partial charge on any atom is -0.316 e. The van der Waals surface area contributed by atoms with Crippen LogP contribution in [0.1, 0.15) is 26.2 Å². The Labute approximate surface area is 109 Å². The van der Waals surface area contributed by atoms with E-state index in [2.05, 4.69) is 16.6 Å². The second-order valence-corrected chi connectivity index (χ2v) is 5.03. The Kier molecular flexibility index (Phi) is 3.97. The van der Waals surface area contributed by atoms with E-state index in [1.165, 1.54) is 11.5 Å². The van der Waals surface area contributed by atoms with Crippen LogP contribution < -0.4 is 5.32 Å². The Balaban J connectivity index is 2.18. The number of aromatic nitrogens is 1. The summed E-state index contributed by atoms with van der Waals surface area (Å²) in [6.07, 6.45) is 2.47. The fourth-order valence-electron chi connectivity index (χ4n) is 1.53. The van der Waals surface area contributed by atoms with Crippen molar-refractivity contribution in [2.45, 2.75) is 26.2 Å². The Morgan fingerprint density at radius 2 is 2.35 bits per heavy atom. The molecule has 1 amide bonds. The summed E-state index contributed by atoms with van der Waals surface area (Å²) in [4.78, 5) is 11.6. The molecule has 0 atom stereocenters. The van der Waals surface area contributed by atoms with E-state index < -0.39 is 0 Å². The van der Waals surface area contributed by atoms with Crippen molar-refractivity contribution in [2.75, 3.05) is 5.32 Å². The van der Waals surface area contributed by atoms with Crippen molar-refractivity contribution >= 4 is 44.9 Å². The van der Waals surface area contributed by atoms with Crippen LogP contribution >= 0.6 is 23.1 Å². The predicted octanol–water partition coefficient (Wildman–Crippen LogP) is 4.08. The Morgan fingerprint density at radius 1 is 1.53 bits per heavy atom. The highest BCUT2D eigenvalue weighted by Gasteiger charge is 2.09.